The van der Waals surface area contributed by atoms with Crippen LogP contribution >= 0.6 is 0 Å². The Balaban J connectivity index is 1.78. The van der Waals surface area contributed by atoms with Crippen LogP contribution in [-0.4, -0.2) is 47.4 Å². The molecule has 2 amide bonds. The van der Waals surface area contributed by atoms with Crippen molar-refractivity contribution in [3.63, 3.8) is 0 Å². The summed E-state index contributed by atoms with van der Waals surface area (Å²) in [6.07, 6.45) is 1.08. The molecule has 0 saturated heterocycles. The Morgan fingerprint density at radius 2 is 1.63 bits per heavy atom. The highest BCUT2D eigenvalue weighted by Gasteiger charge is 2.32. The van der Waals surface area contributed by atoms with Crippen molar-refractivity contribution in [1.29, 1.82) is 0 Å². The third-order valence-corrected chi connectivity index (χ3v) is 5.40. The van der Waals surface area contributed by atoms with Crippen LogP contribution in [0, 0.1) is 0 Å². The van der Waals surface area contributed by atoms with Crippen molar-refractivity contribution in [2.24, 2.45) is 0 Å². The number of ketones is 1. The summed E-state index contributed by atoms with van der Waals surface area (Å²) in [6, 6.07) is 14.1. The Morgan fingerprint density at radius 1 is 0.914 bits per heavy atom. The van der Waals surface area contributed by atoms with Gasteiger partial charge in [0.25, 0.3) is 0 Å². The quantitative estimate of drug-likeness (QED) is 0.287. The van der Waals surface area contributed by atoms with Crippen LogP contribution < -0.4 is 10.6 Å². The summed E-state index contributed by atoms with van der Waals surface area (Å²) in [5.74, 6) is -2.04. The number of aromatic amines is 1. The average Bonchev–Trinajstić information content (AvgIpc) is 3.28. The number of hydrogen-bond donors (Lipinski definition) is 3. The molecule has 3 N–H and O–H groups in total. The smallest absolute Gasteiger partial charge is 0.408 e. The molecule has 9 heteroatoms. The van der Waals surface area contributed by atoms with Gasteiger partial charge in [-0.1, -0.05) is 55.5 Å². The van der Waals surface area contributed by atoms with Gasteiger partial charge in [0.1, 0.15) is 12.6 Å². The van der Waals surface area contributed by atoms with E-state index in [9.17, 15) is 19.2 Å². The van der Waals surface area contributed by atoms with Gasteiger partial charge in [0.2, 0.25) is 5.91 Å². The van der Waals surface area contributed by atoms with Gasteiger partial charge < -0.3 is 25.1 Å². The molecule has 3 rings (SSSR count). The third-order valence-electron chi connectivity index (χ3n) is 5.40. The van der Waals surface area contributed by atoms with Crippen molar-refractivity contribution in [2.45, 2.75) is 45.4 Å². The molecule has 2 aromatic carbocycles. The number of amides is 2. The molecule has 9 nitrogen and oxygen atoms in total. The zero-order valence-electron chi connectivity index (χ0n) is 19.7. The number of aromatic nitrogens is 1. The number of rotatable bonds is 11. The molecule has 1 aromatic heterocycles. The van der Waals surface area contributed by atoms with Gasteiger partial charge in [0.15, 0.2) is 11.8 Å². The summed E-state index contributed by atoms with van der Waals surface area (Å²) in [5, 5.41) is 5.91. The normalized spacial score (nSPS) is 12.4. The molecule has 0 aliphatic heterocycles. The number of nitrogens with one attached hydrogen (secondary N) is 3. The van der Waals surface area contributed by atoms with E-state index in [1.54, 1.807) is 20.0 Å². The molecular formula is C26H29N3O6. The summed E-state index contributed by atoms with van der Waals surface area (Å²) in [5.41, 5.74) is 2.44. The molecule has 0 fully saturated rings. The summed E-state index contributed by atoms with van der Waals surface area (Å²) < 4.78 is 10.2. The Morgan fingerprint density at radius 3 is 2.34 bits per heavy atom. The number of fused-ring (bicyclic) bond motifs is 1. The fourth-order valence-electron chi connectivity index (χ4n) is 3.58. The summed E-state index contributed by atoms with van der Waals surface area (Å²) in [7, 11) is 0. The van der Waals surface area contributed by atoms with Crippen LogP contribution in [-0.2, 0) is 36.9 Å². The Labute approximate surface area is 203 Å². The van der Waals surface area contributed by atoms with E-state index in [0.29, 0.717) is 0 Å². The first-order valence-corrected chi connectivity index (χ1v) is 11.4. The van der Waals surface area contributed by atoms with Gasteiger partial charge in [-0.25, -0.2) is 9.59 Å². The van der Waals surface area contributed by atoms with Gasteiger partial charge in [-0.2, -0.15) is 0 Å². The van der Waals surface area contributed by atoms with Crippen molar-refractivity contribution in [3.8, 4) is 0 Å². The number of hydrogen-bond acceptors (Lipinski definition) is 6. The van der Waals surface area contributed by atoms with Crippen molar-refractivity contribution in [2.75, 3.05) is 6.61 Å². The van der Waals surface area contributed by atoms with Gasteiger partial charge >= 0.3 is 12.1 Å². The van der Waals surface area contributed by atoms with Crippen molar-refractivity contribution < 1.29 is 28.7 Å². The van der Waals surface area contributed by atoms with E-state index >= 15 is 0 Å². The second kappa shape index (κ2) is 12.4. The highest BCUT2D eigenvalue weighted by atomic mass is 16.5. The number of benzene rings is 2. The van der Waals surface area contributed by atoms with E-state index in [-0.39, 0.29) is 26.1 Å². The lowest BCUT2D eigenvalue weighted by Crippen LogP contribution is -2.55. The molecule has 0 spiro atoms. The minimum Gasteiger partial charge on any atom is -0.464 e. The zero-order valence-corrected chi connectivity index (χ0v) is 19.7. The number of ether oxygens (including phenoxy) is 2. The number of H-pyrrole nitrogens is 1. The van der Waals surface area contributed by atoms with Crippen LogP contribution in [0.25, 0.3) is 10.9 Å². The maximum atomic E-state index is 13.2. The van der Waals surface area contributed by atoms with E-state index in [0.717, 1.165) is 22.0 Å². The molecule has 2 atom stereocenters. The molecule has 0 bridgehead atoms. The first-order valence-electron chi connectivity index (χ1n) is 11.4. The van der Waals surface area contributed by atoms with Gasteiger partial charge in [-0.3, -0.25) is 9.59 Å². The molecular weight excluding hydrogens is 450 g/mol. The predicted molar refractivity (Wildman–Crippen MR) is 129 cm³/mol. The highest BCUT2D eigenvalue weighted by molar-refractivity contribution is 6.06. The van der Waals surface area contributed by atoms with Gasteiger partial charge in [-0.15, -0.1) is 0 Å². The number of carbonyl (C=O) groups excluding carboxylic acids is 4. The molecule has 184 valence electrons. The fraction of sp³-hybridized carbons (Fsp3) is 0.308. The minimum absolute atomic E-state index is 0.0217. The maximum Gasteiger partial charge on any atom is 0.408 e. The van der Waals surface area contributed by atoms with E-state index in [2.05, 4.69) is 15.6 Å². The Bertz CT molecular complexity index is 1170. The number of esters is 1. The molecule has 35 heavy (non-hydrogen) atoms. The minimum atomic E-state index is -1.46. The first-order chi connectivity index (χ1) is 16.9. The second-order valence-corrected chi connectivity index (χ2v) is 7.84. The molecule has 0 radical (unpaired) electrons. The lowest BCUT2D eigenvalue weighted by atomic mass is 10.0. The number of alkyl carbamates (subject to hydrolysis) is 1. The monoisotopic (exact) mass is 479 g/mol. The van der Waals surface area contributed by atoms with Crippen molar-refractivity contribution in [1.82, 2.24) is 15.6 Å². The van der Waals surface area contributed by atoms with Gasteiger partial charge in [0.05, 0.1) is 6.61 Å². The Hall–Kier alpha value is -4.14. The van der Waals surface area contributed by atoms with Crippen LogP contribution in [0.1, 0.15) is 31.4 Å². The largest absolute Gasteiger partial charge is 0.464 e. The zero-order chi connectivity index (χ0) is 25.2. The van der Waals surface area contributed by atoms with E-state index in [4.69, 9.17) is 9.47 Å². The number of carbonyl (C=O) groups is 4. The SMILES string of the molecule is CCOC(=O)C(NC(=O)[C@@H](Cc1c[nH]c2ccccc12)NC(=O)OCc1ccccc1)C(=O)CC. The third kappa shape index (κ3) is 6.92. The van der Waals surface area contributed by atoms with Crippen LogP contribution in [0.4, 0.5) is 4.79 Å². The van der Waals surface area contributed by atoms with Crippen LogP contribution in [0.2, 0.25) is 0 Å². The summed E-state index contributed by atoms with van der Waals surface area (Å²) >= 11 is 0. The van der Waals surface area contributed by atoms with Crippen LogP contribution in [0.3, 0.4) is 0 Å². The standard InChI is InChI=1S/C26H29N3O6/c1-3-22(30)23(25(32)34-4-2)29-24(31)21(14-18-15-27-20-13-9-8-12-19(18)20)28-26(33)35-16-17-10-6-5-7-11-17/h5-13,15,21,23,27H,3-4,14,16H2,1-2H3,(H,28,33)(H,29,31)/t21-,23?/m1/s1. The number of para-hydroxylation sites is 1. The van der Waals surface area contributed by atoms with Crippen LogP contribution in [0.15, 0.2) is 60.8 Å². The lowest BCUT2D eigenvalue weighted by Gasteiger charge is -2.21. The van der Waals surface area contributed by atoms with Gasteiger partial charge in [-0.05, 0) is 24.1 Å². The van der Waals surface area contributed by atoms with Gasteiger partial charge in [0, 0.05) is 29.9 Å². The number of Topliss-reactive ketones (excluding diaryl/α,β-unsaturated/α-hetero) is 1. The Kier molecular flexibility index (Phi) is 9.00. The van der Waals surface area contributed by atoms with E-state index < -0.39 is 35.8 Å². The van der Waals surface area contributed by atoms with Crippen LogP contribution in [0.5, 0.6) is 0 Å². The van der Waals surface area contributed by atoms with E-state index in [1.807, 2.05) is 54.6 Å². The molecule has 3 aromatic rings. The first kappa shape index (κ1) is 25.5. The summed E-state index contributed by atoms with van der Waals surface area (Å²) in [4.78, 5) is 53.5. The topological polar surface area (TPSA) is 127 Å². The predicted octanol–water partition coefficient (Wildman–Crippen LogP) is 3.03. The second-order valence-electron chi connectivity index (χ2n) is 7.84. The molecule has 0 aliphatic carbocycles. The molecule has 0 aliphatic rings. The lowest BCUT2D eigenvalue weighted by molar-refractivity contribution is -0.150. The molecule has 1 unspecified atom stereocenters. The summed E-state index contributed by atoms with van der Waals surface area (Å²) in [6.45, 7) is 3.28. The van der Waals surface area contributed by atoms with E-state index in [1.165, 1.54) is 0 Å². The molecule has 1 heterocycles. The molecule has 0 saturated carbocycles. The highest BCUT2D eigenvalue weighted by Crippen LogP contribution is 2.19. The average molecular weight is 480 g/mol. The van der Waals surface area contributed by atoms with Crippen molar-refractivity contribution in [3.05, 3.63) is 71.9 Å². The van der Waals surface area contributed by atoms with Crippen molar-refractivity contribution >= 4 is 34.7 Å². The fourth-order valence-corrected chi connectivity index (χ4v) is 3.58. The maximum absolute atomic E-state index is 13.2.